The van der Waals surface area contributed by atoms with Gasteiger partial charge in [-0.15, -0.1) is 23.7 Å². The molecule has 1 amide bonds. The van der Waals surface area contributed by atoms with Gasteiger partial charge in [0, 0.05) is 28.6 Å². The fourth-order valence-electron chi connectivity index (χ4n) is 2.75. The van der Waals surface area contributed by atoms with E-state index in [0.717, 1.165) is 41.2 Å². The van der Waals surface area contributed by atoms with E-state index in [1.165, 1.54) is 0 Å². The highest BCUT2D eigenvalue weighted by Gasteiger charge is 2.27. The number of carbonyl (C=O) groups excluding carboxylic acids is 1. The highest BCUT2D eigenvalue weighted by atomic mass is 35.5. The minimum atomic E-state index is 0. The molecule has 3 rings (SSSR count). The first-order valence-electron chi connectivity index (χ1n) is 7.21. The van der Waals surface area contributed by atoms with Gasteiger partial charge in [-0.3, -0.25) is 4.79 Å². The molecular formula is C16H20ClN3OS. The van der Waals surface area contributed by atoms with E-state index in [9.17, 15) is 4.79 Å². The number of amides is 1. The normalized spacial score (nSPS) is 20.5. The quantitative estimate of drug-likeness (QED) is 0.899. The number of rotatable bonds is 3. The van der Waals surface area contributed by atoms with Crippen LogP contribution in [0.3, 0.4) is 0 Å². The fourth-order valence-corrected chi connectivity index (χ4v) is 3.37. The maximum absolute atomic E-state index is 12.2. The van der Waals surface area contributed by atoms with Crippen LogP contribution in [0.4, 0.5) is 5.69 Å². The number of benzene rings is 1. The van der Waals surface area contributed by atoms with Crippen molar-refractivity contribution >= 4 is 35.3 Å². The Kier molecular flexibility index (Phi) is 5.56. The zero-order chi connectivity index (χ0) is 14.8. The van der Waals surface area contributed by atoms with Gasteiger partial charge in [-0.25, -0.2) is 4.98 Å². The van der Waals surface area contributed by atoms with E-state index in [-0.39, 0.29) is 30.3 Å². The van der Waals surface area contributed by atoms with Crippen LogP contribution in [-0.2, 0) is 4.79 Å². The van der Waals surface area contributed by atoms with Gasteiger partial charge < -0.3 is 11.1 Å². The van der Waals surface area contributed by atoms with Crippen LogP contribution in [0.15, 0.2) is 29.6 Å². The molecule has 22 heavy (non-hydrogen) atoms. The summed E-state index contributed by atoms with van der Waals surface area (Å²) in [7, 11) is 0. The number of hydrogen-bond acceptors (Lipinski definition) is 4. The third kappa shape index (κ3) is 3.85. The lowest BCUT2D eigenvalue weighted by molar-refractivity contribution is -0.119. The molecule has 0 aliphatic heterocycles. The summed E-state index contributed by atoms with van der Waals surface area (Å²) in [5.41, 5.74) is 8.68. The van der Waals surface area contributed by atoms with Crippen molar-refractivity contribution in [2.24, 2.45) is 11.7 Å². The highest BCUT2D eigenvalue weighted by Crippen LogP contribution is 2.27. The summed E-state index contributed by atoms with van der Waals surface area (Å²) >= 11 is 1.63. The number of halogens is 1. The van der Waals surface area contributed by atoms with Crippen molar-refractivity contribution in [3.05, 3.63) is 34.7 Å². The number of nitrogens with two attached hydrogens (primary N) is 1. The van der Waals surface area contributed by atoms with Crippen LogP contribution in [-0.4, -0.2) is 16.9 Å². The van der Waals surface area contributed by atoms with Crippen LogP contribution in [0.1, 0.15) is 24.3 Å². The summed E-state index contributed by atoms with van der Waals surface area (Å²) in [4.78, 5) is 16.7. The summed E-state index contributed by atoms with van der Waals surface area (Å²) in [6.07, 6.45) is 2.62. The Morgan fingerprint density at radius 3 is 2.86 bits per heavy atom. The van der Waals surface area contributed by atoms with E-state index in [1.54, 1.807) is 11.3 Å². The van der Waals surface area contributed by atoms with Crippen LogP contribution in [0.5, 0.6) is 0 Å². The fraction of sp³-hybridized carbons (Fsp3) is 0.375. The zero-order valence-electron chi connectivity index (χ0n) is 12.4. The second kappa shape index (κ2) is 7.22. The van der Waals surface area contributed by atoms with E-state index >= 15 is 0 Å². The van der Waals surface area contributed by atoms with Crippen LogP contribution >= 0.6 is 23.7 Å². The Balaban J connectivity index is 0.00000176. The Morgan fingerprint density at radius 1 is 1.41 bits per heavy atom. The molecule has 0 spiro atoms. The molecule has 2 aromatic rings. The largest absolute Gasteiger partial charge is 0.328 e. The number of hydrogen-bond donors (Lipinski definition) is 2. The summed E-state index contributed by atoms with van der Waals surface area (Å²) in [5.74, 6) is 0.125. The number of aryl methyl sites for hydroxylation is 1. The number of anilines is 1. The molecule has 1 aliphatic carbocycles. The second-order valence-electron chi connectivity index (χ2n) is 5.59. The van der Waals surface area contributed by atoms with Crippen LogP contribution in [0, 0.1) is 12.8 Å². The first-order valence-corrected chi connectivity index (χ1v) is 8.09. The Hall–Kier alpha value is -1.43. The van der Waals surface area contributed by atoms with E-state index in [2.05, 4.69) is 10.3 Å². The predicted molar refractivity (Wildman–Crippen MR) is 93.5 cm³/mol. The van der Waals surface area contributed by atoms with Crippen LogP contribution < -0.4 is 11.1 Å². The van der Waals surface area contributed by atoms with Gasteiger partial charge in [-0.2, -0.15) is 0 Å². The van der Waals surface area contributed by atoms with Crippen molar-refractivity contribution in [1.82, 2.24) is 4.98 Å². The van der Waals surface area contributed by atoms with Crippen molar-refractivity contribution in [3.63, 3.8) is 0 Å². The molecular weight excluding hydrogens is 318 g/mol. The molecule has 2 atom stereocenters. The van der Waals surface area contributed by atoms with Crippen LogP contribution in [0.2, 0.25) is 0 Å². The van der Waals surface area contributed by atoms with Gasteiger partial charge >= 0.3 is 0 Å². The molecule has 1 aromatic carbocycles. The number of aromatic nitrogens is 1. The molecule has 2 unspecified atom stereocenters. The number of carbonyl (C=O) groups is 1. The van der Waals surface area contributed by atoms with E-state index < -0.39 is 0 Å². The topological polar surface area (TPSA) is 68.0 Å². The van der Waals surface area contributed by atoms with Gasteiger partial charge in [-0.1, -0.05) is 12.1 Å². The van der Waals surface area contributed by atoms with E-state index in [0.29, 0.717) is 0 Å². The summed E-state index contributed by atoms with van der Waals surface area (Å²) in [6.45, 7) is 1.99. The first kappa shape index (κ1) is 16.9. The molecule has 1 fully saturated rings. The smallest absolute Gasteiger partial charge is 0.227 e. The van der Waals surface area contributed by atoms with Crippen molar-refractivity contribution in [2.75, 3.05) is 5.32 Å². The van der Waals surface area contributed by atoms with Crippen molar-refractivity contribution in [2.45, 2.75) is 32.2 Å². The van der Waals surface area contributed by atoms with Gasteiger partial charge in [0.05, 0.1) is 10.7 Å². The lowest BCUT2D eigenvalue weighted by Gasteiger charge is -2.11. The molecule has 118 valence electrons. The second-order valence-corrected chi connectivity index (χ2v) is 6.65. The highest BCUT2D eigenvalue weighted by molar-refractivity contribution is 7.09. The molecule has 3 N–H and O–H groups in total. The van der Waals surface area contributed by atoms with Crippen LogP contribution in [0.25, 0.3) is 11.3 Å². The summed E-state index contributed by atoms with van der Waals surface area (Å²) in [6, 6.07) is 8.01. The van der Waals surface area contributed by atoms with Crippen molar-refractivity contribution in [3.8, 4) is 11.3 Å². The molecule has 1 aromatic heterocycles. The summed E-state index contributed by atoms with van der Waals surface area (Å²) in [5, 5.41) is 6.08. The average Bonchev–Trinajstić information content (AvgIpc) is 3.08. The standard InChI is InChI=1S/C16H19N3OS.ClH/c1-10-18-15(9-21-10)11-3-2-4-14(8-11)19-16(20)12-5-6-13(17)7-12;/h2-4,8-9,12-13H,5-7,17H2,1H3,(H,19,20);1H. The minimum Gasteiger partial charge on any atom is -0.328 e. The molecule has 6 heteroatoms. The van der Waals surface area contributed by atoms with Gasteiger partial charge in [-0.05, 0) is 38.3 Å². The maximum atomic E-state index is 12.2. The molecule has 0 bridgehead atoms. The number of nitrogens with zero attached hydrogens (tertiary/aromatic N) is 1. The van der Waals surface area contributed by atoms with Gasteiger partial charge in [0.2, 0.25) is 5.91 Å². The Morgan fingerprint density at radius 2 is 2.23 bits per heavy atom. The average molecular weight is 338 g/mol. The Bertz CT molecular complexity index is 658. The van der Waals surface area contributed by atoms with Gasteiger partial charge in [0.15, 0.2) is 0 Å². The summed E-state index contributed by atoms with van der Waals surface area (Å²) < 4.78 is 0. The number of nitrogens with one attached hydrogen (secondary N) is 1. The van der Waals surface area contributed by atoms with E-state index in [1.807, 2.05) is 36.6 Å². The lowest BCUT2D eigenvalue weighted by Crippen LogP contribution is -2.23. The molecule has 4 nitrogen and oxygen atoms in total. The minimum absolute atomic E-state index is 0. The molecule has 0 saturated heterocycles. The van der Waals surface area contributed by atoms with Crippen molar-refractivity contribution < 1.29 is 4.79 Å². The molecule has 1 heterocycles. The first-order chi connectivity index (χ1) is 10.1. The van der Waals surface area contributed by atoms with E-state index in [4.69, 9.17) is 5.73 Å². The molecule has 1 aliphatic rings. The maximum Gasteiger partial charge on any atom is 0.227 e. The third-order valence-electron chi connectivity index (χ3n) is 3.89. The number of thiazole rings is 1. The zero-order valence-corrected chi connectivity index (χ0v) is 14.0. The molecule has 1 saturated carbocycles. The monoisotopic (exact) mass is 337 g/mol. The lowest BCUT2D eigenvalue weighted by atomic mass is 10.1. The van der Waals surface area contributed by atoms with Crippen molar-refractivity contribution in [1.29, 1.82) is 0 Å². The van der Waals surface area contributed by atoms with Gasteiger partial charge in [0.25, 0.3) is 0 Å². The SMILES string of the molecule is Cc1nc(-c2cccc(NC(=O)C3CCC(N)C3)c2)cs1.Cl. The molecule has 0 radical (unpaired) electrons. The van der Waals surface area contributed by atoms with Gasteiger partial charge in [0.1, 0.15) is 0 Å². The third-order valence-corrected chi connectivity index (χ3v) is 4.66. The predicted octanol–water partition coefficient (Wildman–Crippen LogP) is 3.61. The Labute approximate surface area is 140 Å².